The molecule has 0 unspecified atom stereocenters. The maximum absolute atomic E-state index is 11.4. The number of ether oxygens (including phenoxy) is 2. The molecule has 0 amide bonds. The molecule has 1 aromatic carbocycles. The zero-order chi connectivity index (χ0) is 12.4. The molecule has 1 heterocycles. The number of hydrogen-bond acceptors (Lipinski definition) is 4. The van der Waals surface area contributed by atoms with Gasteiger partial charge in [-0.2, -0.15) is 0 Å². The molecule has 17 heavy (non-hydrogen) atoms. The number of pyridine rings is 1. The maximum Gasteiger partial charge on any atom is 0.337 e. The summed E-state index contributed by atoms with van der Waals surface area (Å²) >= 11 is 5.85. The van der Waals surface area contributed by atoms with Crippen LogP contribution in [0.5, 0.6) is 5.75 Å². The third-order valence-electron chi connectivity index (χ3n) is 2.38. The van der Waals surface area contributed by atoms with Gasteiger partial charge in [-0.1, -0.05) is 11.6 Å². The Morgan fingerprint density at radius 2 is 2.06 bits per heavy atom. The van der Waals surface area contributed by atoms with E-state index in [0.29, 0.717) is 22.0 Å². The first kappa shape index (κ1) is 11.7. The third-order valence-corrected chi connectivity index (χ3v) is 2.57. The minimum absolute atomic E-state index is 0.347. The van der Waals surface area contributed by atoms with E-state index in [0.717, 1.165) is 5.39 Å². The van der Waals surface area contributed by atoms with Gasteiger partial charge in [-0.25, -0.2) is 9.78 Å². The monoisotopic (exact) mass is 251 g/mol. The average molecular weight is 252 g/mol. The van der Waals surface area contributed by atoms with Gasteiger partial charge in [0.2, 0.25) is 0 Å². The molecule has 0 saturated heterocycles. The molecule has 0 aliphatic heterocycles. The standard InChI is InChI=1S/C12H10ClNO3/c1-16-10-6-11(13)14-9-4-3-7(5-8(9)10)12(15)17-2/h3-6H,1-2H3. The van der Waals surface area contributed by atoms with Gasteiger partial charge < -0.3 is 9.47 Å². The number of benzene rings is 1. The molecular weight excluding hydrogens is 242 g/mol. The molecule has 0 radical (unpaired) electrons. The number of esters is 1. The molecule has 0 aliphatic carbocycles. The molecule has 0 atom stereocenters. The van der Waals surface area contributed by atoms with E-state index < -0.39 is 5.97 Å². The van der Waals surface area contributed by atoms with Crippen LogP contribution < -0.4 is 4.74 Å². The van der Waals surface area contributed by atoms with Crippen molar-refractivity contribution < 1.29 is 14.3 Å². The summed E-state index contributed by atoms with van der Waals surface area (Å²) in [7, 11) is 2.87. The Morgan fingerprint density at radius 1 is 1.29 bits per heavy atom. The first-order valence-electron chi connectivity index (χ1n) is 4.88. The molecule has 2 aromatic rings. The van der Waals surface area contributed by atoms with Crippen molar-refractivity contribution in [1.82, 2.24) is 4.98 Å². The zero-order valence-corrected chi connectivity index (χ0v) is 10.1. The molecular formula is C12H10ClNO3. The molecule has 0 saturated carbocycles. The predicted octanol–water partition coefficient (Wildman–Crippen LogP) is 2.68. The minimum atomic E-state index is -0.399. The van der Waals surface area contributed by atoms with Crippen molar-refractivity contribution in [3.8, 4) is 5.75 Å². The highest BCUT2D eigenvalue weighted by molar-refractivity contribution is 6.30. The van der Waals surface area contributed by atoms with Crippen molar-refractivity contribution in [1.29, 1.82) is 0 Å². The number of halogens is 1. The number of hydrogen-bond donors (Lipinski definition) is 0. The number of nitrogens with zero attached hydrogens (tertiary/aromatic N) is 1. The summed E-state index contributed by atoms with van der Waals surface area (Å²) < 4.78 is 9.86. The molecule has 0 bridgehead atoms. The van der Waals surface area contributed by atoms with E-state index in [4.69, 9.17) is 16.3 Å². The van der Waals surface area contributed by atoms with E-state index in [1.807, 2.05) is 0 Å². The quantitative estimate of drug-likeness (QED) is 0.608. The molecule has 5 heteroatoms. The maximum atomic E-state index is 11.4. The van der Waals surface area contributed by atoms with Crippen molar-refractivity contribution in [2.24, 2.45) is 0 Å². The van der Waals surface area contributed by atoms with Crippen LogP contribution in [0.15, 0.2) is 24.3 Å². The van der Waals surface area contributed by atoms with Gasteiger partial charge in [-0.3, -0.25) is 0 Å². The van der Waals surface area contributed by atoms with Crippen LogP contribution in [-0.4, -0.2) is 25.2 Å². The second-order valence-corrected chi connectivity index (χ2v) is 3.76. The second-order valence-electron chi connectivity index (χ2n) is 3.37. The largest absolute Gasteiger partial charge is 0.496 e. The van der Waals surface area contributed by atoms with E-state index >= 15 is 0 Å². The number of methoxy groups -OCH3 is 2. The molecule has 0 aliphatic rings. The van der Waals surface area contributed by atoms with Gasteiger partial charge >= 0.3 is 5.97 Å². The molecule has 2 rings (SSSR count). The van der Waals surface area contributed by atoms with E-state index in [2.05, 4.69) is 9.72 Å². The van der Waals surface area contributed by atoms with E-state index in [1.54, 1.807) is 24.3 Å². The zero-order valence-electron chi connectivity index (χ0n) is 9.36. The summed E-state index contributed by atoms with van der Waals surface area (Å²) in [6, 6.07) is 6.61. The van der Waals surface area contributed by atoms with Crippen molar-refractivity contribution >= 4 is 28.5 Å². The summed E-state index contributed by atoms with van der Waals surface area (Å²) in [4.78, 5) is 15.6. The van der Waals surface area contributed by atoms with Crippen molar-refractivity contribution in [3.63, 3.8) is 0 Å². The summed E-state index contributed by atoms with van der Waals surface area (Å²) in [6.07, 6.45) is 0. The Labute approximate surface area is 103 Å². The van der Waals surface area contributed by atoms with Crippen LogP contribution in [-0.2, 0) is 4.74 Å². The van der Waals surface area contributed by atoms with Crippen LogP contribution in [0.4, 0.5) is 0 Å². The normalized spacial score (nSPS) is 10.3. The second kappa shape index (κ2) is 4.59. The Kier molecular flexibility index (Phi) is 3.15. The summed E-state index contributed by atoms with van der Waals surface area (Å²) in [5.74, 6) is 0.176. The van der Waals surface area contributed by atoms with E-state index in [-0.39, 0.29) is 0 Å². The molecule has 0 spiro atoms. The highest BCUT2D eigenvalue weighted by atomic mass is 35.5. The summed E-state index contributed by atoms with van der Waals surface area (Å²) in [5.41, 5.74) is 1.12. The third kappa shape index (κ3) is 2.17. The minimum Gasteiger partial charge on any atom is -0.496 e. The highest BCUT2D eigenvalue weighted by Gasteiger charge is 2.10. The smallest absolute Gasteiger partial charge is 0.337 e. The van der Waals surface area contributed by atoms with Gasteiger partial charge in [0.15, 0.2) is 0 Å². The van der Waals surface area contributed by atoms with Crippen LogP contribution in [0.25, 0.3) is 10.9 Å². The first-order chi connectivity index (χ1) is 8.15. The summed E-state index contributed by atoms with van der Waals surface area (Å²) in [6.45, 7) is 0. The Hall–Kier alpha value is -1.81. The molecule has 88 valence electrons. The van der Waals surface area contributed by atoms with Gasteiger partial charge in [-0.05, 0) is 18.2 Å². The predicted molar refractivity (Wildman–Crippen MR) is 64.6 cm³/mol. The fourth-order valence-electron chi connectivity index (χ4n) is 1.58. The molecule has 4 nitrogen and oxygen atoms in total. The lowest BCUT2D eigenvalue weighted by molar-refractivity contribution is 0.0601. The SMILES string of the molecule is COC(=O)c1ccc2nc(Cl)cc(OC)c2c1. The van der Waals surface area contributed by atoms with Crippen LogP contribution in [0.3, 0.4) is 0 Å². The first-order valence-corrected chi connectivity index (χ1v) is 5.26. The van der Waals surface area contributed by atoms with Gasteiger partial charge in [0.05, 0.1) is 25.3 Å². The number of aromatic nitrogens is 1. The van der Waals surface area contributed by atoms with Gasteiger partial charge in [0, 0.05) is 11.5 Å². The van der Waals surface area contributed by atoms with Gasteiger partial charge in [-0.15, -0.1) is 0 Å². The van der Waals surface area contributed by atoms with Crippen LogP contribution in [0.1, 0.15) is 10.4 Å². The van der Waals surface area contributed by atoms with Gasteiger partial charge in [0.25, 0.3) is 0 Å². The van der Waals surface area contributed by atoms with Crippen molar-refractivity contribution in [3.05, 3.63) is 35.0 Å². The summed E-state index contributed by atoms with van der Waals surface area (Å²) in [5, 5.41) is 1.07. The number of rotatable bonds is 2. The molecule has 0 N–H and O–H groups in total. The topological polar surface area (TPSA) is 48.4 Å². The molecule has 0 fully saturated rings. The van der Waals surface area contributed by atoms with Crippen LogP contribution >= 0.6 is 11.6 Å². The van der Waals surface area contributed by atoms with Gasteiger partial charge in [0.1, 0.15) is 10.9 Å². The lowest BCUT2D eigenvalue weighted by atomic mass is 10.1. The highest BCUT2D eigenvalue weighted by Crippen LogP contribution is 2.28. The van der Waals surface area contributed by atoms with Crippen molar-refractivity contribution in [2.75, 3.05) is 14.2 Å². The Balaban J connectivity index is 2.67. The fraction of sp³-hybridized carbons (Fsp3) is 0.167. The van der Waals surface area contributed by atoms with Crippen molar-refractivity contribution in [2.45, 2.75) is 0 Å². The number of fused-ring (bicyclic) bond motifs is 1. The lowest BCUT2D eigenvalue weighted by Crippen LogP contribution is -2.01. The van der Waals surface area contributed by atoms with E-state index in [9.17, 15) is 4.79 Å². The van der Waals surface area contributed by atoms with E-state index in [1.165, 1.54) is 14.2 Å². The van der Waals surface area contributed by atoms with Crippen LogP contribution in [0, 0.1) is 0 Å². The Morgan fingerprint density at radius 3 is 2.71 bits per heavy atom. The Bertz CT molecular complexity index is 583. The number of carbonyl (C=O) groups is 1. The fourth-order valence-corrected chi connectivity index (χ4v) is 1.77. The van der Waals surface area contributed by atoms with Crippen LogP contribution in [0.2, 0.25) is 5.15 Å². The molecule has 1 aromatic heterocycles. The number of carbonyl (C=O) groups excluding carboxylic acids is 1. The average Bonchev–Trinajstić information content (AvgIpc) is 2.36. The lowest BCUT2D eigenvalue weighted by Gasteiger charge is -2.07.